The van der Waals surface area contributed by atoms with E-state index in [4.69, 9.17) is 9.84 Å². The number of hydrogen-bond acceptors (Lipinski definition) is 4. The first kappa shape index (κ1) is 24.5. The van der Waals surface area contributed by atoms with Gasteiger partial charge < -0.3 is 20.5 Å². The van der Waals surface area contributed by atoms with Crippen LogP contribution in [0.25, 0.3) is 11.1 Å². The summed E-state index contributed by atoms with van der Waals surface area (Å²) in [4.78, 5) is 36.3. The van der Waals surface area contributed by atoms with Crippen LogP contribution in [0.15, 0.2) is 60.7 Å². The fourth-order valence-corrected chi connectivity index (χ4v) is 4.92. The number of benzene rings is 2. The molecule has 0 bridgehead atoms. The molecule has 7 nitrogen and oxygen atoms in total. The van der Waals surface area contributed by atoms with Crippen LogP contribution < -0.4 is 10.6 Å². The van der Waals surface area contributed by atoms with Crippen molar-refractivity contribution in [2.75, 3.05) is 6.61 Å². The lowest BCUT2D eigenvalue weighted by atomic mass is 9.88. The van der Waals surface area contributed by atoms with Crippen LogP contribution in [0.3, 0.4) is 0 Å². The fraction of sp³-hybridized carbons (Fsp3) is 0.393. The second kappa shape index (κ2) is 10.3. The van der Waals surface area contributed by atoms with Crippen LogP contribution in [0.5, 0.6) is 0 Å². The average molecular weight is 477 g/mol. The highest BCUT2D eigenvalue weighted by Crippen LogP contribution is 2.44. The first-order valence-electron chi connectivity index (χ1n) is 12.1. The van der Waals surface area contributed by atoms with E-state index in [1.807, 2.05) is 50.3 Å². The Morgan fingerprint density at radius 2 is 1.66 bits per heavy atom. The number of nitrogens with one attached hydrogen (secondary N) is 2. The molecule has 0 radical (unpaired) electrons. The van der Waals surface area contributed by atoms with E-state index in [9.17, 15) is 14.4 Å². The Hall–Kier alpha value is -3.61. The Balaban J connectivity index is 1.31. The van der Waals surface area contributed by atoms with Crippen molar-refractivity contribution in [3.05, 3.63) is 71.8 Å². The molecule has 4 rings (SSSR count). The number of carboxylic acids is 1. The third kappa shape index (κ3) is 5.91. The second-order valence-corrected chi connectivity index (χ2v) is 9.94. The molecule has 35 heavy (non-hydrogen) atoms. The van der Waals surface area contributed by atoms with Gasteiger partial charge in [-0.25, -0.2) is 4.79 Å². The van der Waals surface area contributed by atoms with Crippen LogP contribution in [0.2, 0.25) is 0 Å². The van der Waals surface area contributed by atoms with Gasteiger partial charge in [0.2, 0.25) is 5.91 Å². The maximum atomic E-state index is 12.8. The molecule has 2 atom stereocenters. The van der Waals surface area contributed by atoms with Crippen molar-refractivity contribution in [2.45, 2.75) is 57.0 Å². The number of fused-ring (bicyclic) bond motifs is 3. The molecule has 0 fully saturated rings. The summed E-state index contributed by atoms with van der Waals surface area (Å²) in [6.07, 6.45) is 4.64. The molecule has 0 saturated heterocycles. The van der Waals surface area contributed by atoms with Gasteiger partial charge >= 0.3 is 12.1 Å². The first-order valence-corrected chi connectivity index (χ1v) is 12.1. The highest BCUT2D eigenvalue weighted by Gasteiger charge is 2.31. The Morgan fingerprint density at radius 1 is 1.03 bits per heavy atom. The first-order chi connectivity index (χ1) is 16.7. The predicted octanol–water partition coefficient (Wildman–Crippen LogP) is 4.62. The maximum Gasteiger partial charge on any atom is 0.407 e. The van der Waals surface area contributed by atoms with E-state index in [1.54, 1.807) is 0 Å². The van der Waals surface area contributed by atoms with Gasteiger partial charge in [-0.2, -0.15) is 0 Å². The van der Waals surface area contributed by atoms with E-state index in [0.29, 0.717) is 19.3 Å². The summed E-state index contributed by atoms with van der Waals surface area (Å²) >= 11 is 0. The molecule has 2 aromatic rings. The van der Waals surface area contributed by atoms with Gasteiger partial charge in [-0.05, 0) is 55.4 Å². The summed E-state index contributed by atoms with van der Waals surface area (Å²) in [5.41, 5.74) is 4.04. The molecule has 2 aromatic carbocycles. The number of aliphatic carboxylic acids is 1. The van der Waals surface area contributed by atoms with Crippen LogP contribution >= 0.6 is 0 Å². The monoisotopic (exact) mass is 476 g/mol. The number of carbonyl (C=O) groups is 3. The standard InChI is InChI=1S/C28H32N2O5/c1-28(2,15-14-25(31)32)30-26(33)18-8-7-9-19(16-18)29-27(34)35-17-24-22-12-5-3-10-20(22)21-11-4-6-13-23(21)24/h3-7,9-13,18-19,24H,8,14-17H2,1-2H3,(H,29,34)(H,30,33)(H,31,32). The van der Waals surface area contributed by atoms with Crippen molar-refractivity contribution in [1.82, 2.24) is 10.6 Å². The number of amides is 2. The van der Waals surface area contributed by atoms with E-state index >= 15 is 0 Å². The zero-order valence-electron chi connectivity index (χ0n) is 20.1. The van der Waals surface area contributed by atoms with Crippen LogP contribution in [0, 0.1) is 5.92 Å². The van der Waals surface area contributed by atoms with Gasteiger partial charge in [-0.15, -0.1) is 0 Å². The smallest absolute Gasteiger partial charge is 0.407 e. The number of carboxylic acid groups (broad SMARTS) is 1. The molecule has 2 aliphatic rings. The van der Waals surface area contributed by atoms with Crippen molar-refractivity contribution in [3.63, 3.8) is 0 Å². The van der Waals surface area contributed by atoms with Gasteiger partial charge in [0, 0.05) is 23.8 Å². The average Bonchev–Trinajstić information content (AvgIpc) is 3.15. The van der Waals surface area contributed by atoms with Crippen molar-refractivity contribution in [3.8, 4) is 11.1 Å². The second-order valence-electron chi connectivity index (χ2n) is 9.94. The van der Waals surface area contributed by atoms with Crippen molar-refractivity contribution in [1.29, 1.82) is 0 Å². The molecule has 0 aromatic heterocycles. The molecule has 0 aliphatic heterocycles. The summed E-state index contributed by atoms with van der Waals surface area (Å²) in [6, 6.07) is 16.1. The molecule has 7 heteroatoms. The third-order valence-electron chi connectivity index (χ3n) is 6.77. The van der Waals surface area contributed by atoms with Crippen molar-refractivity contribution >= 4 is 18.0 Å². The van der Waals surface area contributed by atoms with E-state index < -0.39 is 17.6 Å². The summed E-state index contributed by atoms with van der Waals surface area (Å²) in [5, 5.41) is 14.7. The summed E-state index contributed by atoms with van der Waals surface area (Å²) in [7, 11) is 0. The van der Waals surface area contributed by atoms with E-state index in [1.165, 1.54) is 11.1 Å². The number of alkyl carbamates (subject to hydrolysis) is 1. The van der Waals surface area contributed by atoms with Crippen molar-refractivity contribution < 1.29 is 24.2 Å². The fourth-order valence-electron chi connectivity index (χ4n) is 4.92. The Bertz CT molecular complexity index is 1090. The van der Waals surface area contributed by atoms with Crippen LogP contribution in [-0.2, 0) is 14.3 Å². The number of carbonyl (C=O) groups excluding carboxylic acids is 2. The molecule has 2 unspecified atom stereocenters. The minimum absolute atomic E-state index is 0.0101. The number of ether oxygens (including phenoxy) is 1. The SMILES string of the molecule is CC(C)(CCC(=O)O)NC(=O)C1CC=CC(NC(=O)OCC2c3ccccc3-c3ccccc32)C1. The lowest BCUT2D eigenvalue weighted by Crippen LogP contribution is -2.48. The summed E-state index contributed by atoms with van der Waals surface area (Å²) in [6.45, 7) is 3.87. The molecule has 2 amide bonds. The molecule has 184 valence electrons. The quantitative estimate of drug-likeness (QED) is 0.482. The van der Waals surface area contributed by atoms with Gasteiger partial charge in [0.05, 0.1) is 6.04 Å². The van der Waals surface area contributed by atoms with Gasteiger partial charge in [-0.3, -0.25) is 9.59 Å². The van der Waals surface area contributed by atoms with Gasteiger partial charge in [0.1, 0.15) is 6.61 Å². The molecule has 0 spiro atoms. The minimum atomic E-state index is -0.889. The van der Waals surface area contributed by atoms with E-state index in [-0.39, 0.29) is 36.8 Å². The topological polar surface area (TPSA) is 105 Å². The molecule has 2 aliphatic carbocycles. The number of allylic oxidation sites excluding steroid dienone is 1. The predicted molar refractivity (Wildman–Crippen MR) is 133 cm³/mol. The third-order valence-corrected chi connectivity index (χ3v) is 6.77. The van der Waals surface area contributed by atoms with Crippen LogP contribution in [-0.4, -0.2) is 41.3 Å². The number of hydrogen-bond donors (Lipinski definition) is 3. The zero-order chi connectivity index (χ0) is 25.0. The molecule has 0 saturated carbocycles. The lowest BCUT2D eigenvalue weighted by molar-refractivity contribution is -0.138. The Kier molecular flexibility index (Phi) is 7.24. The van der Waals surface area contributed by atoms with E-state index in [0.717, 1.165) is 11.1 Å². The summed E-state index contributed by atoms with van der Waals surface area (Å²) < 4.78 is 5.63. The largest absolute Gasteiger partial charge is 0.481 e. The zero-order valence-corrected chi connectivity index (χ0v) is 20.1. The van der Waals surface area contributed by atoms with E-state index in [2.05, 4.69) is 34.9 Å². The van der Waals surface area contributed by atoms with Gasteiger partial charge in [0.15, 0.2) is 0 Å². The number of rotatable bonds is 8. The van der Waals surface area contributed by atoms with Crippen molar-refractivity contribution in [2.24, 2.45) is 5.92 Å². The Morgan fingerprint density at radius 3 is 2.29 bits per heavy atom. The highest BCUT2D eigenvalue weighted by molar-refractivity contribution is 5.80. The van der Waals surface area contributed by atoms with Gasteiger partial charge in [0.25, 0.3) is 0 Å². The molecular formula is C28H32N2O5. The highest BCUT2D eigenvalue weighted by atomic mass is 16.5. The normalized spacial score (nSPS) is 18.9. The van der Waals surface area contributed by atoms with Crippen LogP contribution in [0.1, 0.15) is 56.6 Å². The molecule has 3 N–H and O–H groups in total. The lowest BCUT2D eigenvalue weighted by Gasteiger charge is -2.30. The summed E-state index contributed by atoms with van der Waals surface area (Å²) in [5.74, 6) is -1.34. The Labute approximate surface area is 205 Å². The molecule has 0 heterocycles. The van der Waals surface area contributed by atoms with Crippen LogP contribution in [0.4, 0.5) is 4.79 Å². The molecular weight excluding hydrogens is 444 g/mol. The minimum Gasteiger partial charge on any atom is -0.481 e. The maximum absolute atomic E-state index is 12.8. The van der Waals surface area contributed by atoms with Gasteiger partial charge in [-0.1, -0.05) is 60.7 Å².